The van der Waals surface area contributed by atoms with Gasteiger partial charge in [0, 0.05) is 6.07 Å². The second-order valence-electron chi connectivity index (χ2n) is 2.23. The number of aliphatic imine (C=N–C) groups is 1. The molecule has 0 atom stereocenters. The molecule has 64 valence electrons. The molecule has 0 spiro atoms. The lowest BCUT2D eigenvalue weighted by Gasteiger charge is -1.81. The van der Waals surface area contributed by atoms with Crippen LogP contribution in [0, 0.1) is 0 Å². The van der Waals surface area contributed by atoms with Crippen molar-refractivity contribution in [1.82, 2.24) is 5.16 Å². The van der Waals surface area contributed by atoms with Gasteiger partial charge in [0.25, 0.3) is 5.88 Å². The van der Waals surface area contributed by atoms with Gasteiger partial charge in [-0.25, -0.2) is 4.79 Å². The molecule has 0 unspecified atom stereocenters. The quantitative estimate of drug-likeness (QED) is 0.542. The van der Waals surface area contributed by atoms with Crippen molar-refractivity contribution in [2.75, 3.05) is 0 Å². The van der Waals surface area contributed by atoms with Crippen molar-refractivity contribution < 1.29 is 9.32 Å². The Morgan fingerprint density at radius 3 is 3.23 bits per heavy atom. The Bertz CT molecular complexity index is 440. The first-order valence-corrected chi connectivity index (χ1v) is 4.36. The number of carbonyl (C=O) groups excluding carboxylic acids is 1. The Kier molecular flexibility index (Phi) is 2.04. The summed E-state index contributed by atoms with van der Waals surface area (Å²) in [6.07, 6.45) is 1.39. The zero-order chi connectivity index (χ0) is 9.10. The number of hydrogen-bond acceptors (Lipinski definition) is 5. The summed E-state index contributed by atoms with van der Waals surface area (Å²) in [5.41, 5.74) is 0.684. The molecule has 0 bridgehead atoms. The lowest BCUT2D eigenvalue weighted by atomic mass is 10.3. The van der Waals surface area contributed by atoms with Gasteiger partial charge in [-0.2, -0.15) is 0 Å². The molecule has 0 amide bonds. The molecular formula is C8H4N2O2S. The first-order valence-electron chi connectivity index (χ1n) is 3.48. The van der Waals surface area contributed by atoms with Gasteiger partial charge in [-0.05, 0) is 11.4 Å². The second kappa shape index (κ2) is 3.35. The van der Waals surface area contributed by atoms with E-state index in [9.17, 15) is 4.79 Å². The number of nitrogens with zero attached hydrogens (tertiary/aromatic N) is 2. The molecule has 0 aliphatic heterocycles. The number of hydrogen-bond donors (Lipinski definition) is 0. The first-order chi connectivity index (χ1) is 6.40. The van der Waals surface area contributed by atoms with E-state index in [1.807, 2.05) is 17.5 Å². The van der Waals surface area contributed by atoms with Gasteiger partial charge in [0.1, 0.15) is 5.69 Å². The molecule has 13 heavy (non-hydrogen) atoms. The molecule has 0 radical (unpaired) electrons. The normalized spacial score (nSPS) is 9.54. The van der Waals surface area contributed by atoms with Crippen molar-refractivity contribution >= 4 is 23.3 Å². The minimum atomic E-state index is 0.179. The van der Waals surface area contributed by atoms with Crippen LogP contribution in [0.15, 0.2) is 33.1 Å². The molecule has 2 aromatic heterocycles. The third-order valence-corrected chi connectivity index (χ3v) is 2.32. The summed E-state index contributed by atoms with van der Waals surface area (Å²) in [5, 5.41) is 5.68. The van der Waals surface area contributed by atoms with Gasteiger partial charge in [-0.3, -0.25) is 0 Å². The number of isocyanates is 1. The molecule has 2 heterocycles. The fourth-order valence-corrected chi connectivity index (χ4v) is 1.58. The molecule has 0 fully saturated rings. The monoisotopic (exact) mass is 192 g/mol. The van der Waals surface area contributed by atoms with Gasteiger partial charge in [-0.1, -0.05) is 11.2 Å². The molecule has 0 N–H and O–H groups in total. The van der Waals surface area contributed by atoms with Crippen LogP contribution in [0.2, 0.25) is 0 Å². The van der Waals surface area contributed by atoms with Gasteiger partial charge in [0.2, 0.25) is 6.08 Å². The number of thiophene rings is 1. The predicted octanol–water partition coefficient (Wildman–Crippen LogP) is 2.37. The fourth-order valence-electron chi connectivity index (χ4n) is 0.904. The summed E-state index contributed by atoms with van der Waals surface area (Å²) < 4.78 is 4.76. The highest BCUT2D eigenvalue weighted by molar-refractivity contribution is 7.13. The van der Waals surface area contributed by atoms with Crippen molar-refractivity contribution in [3.8, 4) is 10.6 Å². The van der Waals surface area contributed by atoms with E-state index in [4.69, 9.17) is 4.52 Å². The van der Waals surface area contributed by atoms with Crippen molar-refractivity contribution in [2.45, 2.75) is 0 Å². The van der Waals surface area contributed by atoms with E-state index in [0.717, 1.165) is 4.88 Å². The molecule has 5 heteroatoms. The molecule has 0 aliphatic carbocycles. The van der Waals surface area contributed by atoms with Crippen molar-refractivity contribution in [2.24, 2.45) is 4.99 Å². The predicted molar refractivity (Wildman–Crippen MR) is 47.6 cm³/mol. The summed E-state index contributed by atoms with van der Waals surface area (Å²) >= 11 is 1.54. The van der Waals surface area contributed by atoms with Crippen LogP contribution in [0.5, 0.6) is 0 Å². The highest BCUT2D eigenvalue weighted by atomic mass is 32.1. The summed E-state index contributed by atoms with van der Waals surface area (Å²) in [5.74, 6) is 0.179. The molecule has 2 rings (SSSR count). The minimum absolute atomic E-state index is 0.179. The fraction of sp³-hybridized carbons (Fsp3) is 0. The highest BCUT2D eigenvalue weighted by Crippen LogP contribution is 2.26. The van der Waals surface area contributed by atoms with Crippen LogP contribution in [0.25, 0.3) is 10.6 Å². The molecule has 4 nitrogen and oxygen atoms in total. The minimum Gasteiger partial charge on any atom is -0.335 e. The van der Waals surface area contributed by atoms with Crippen LogP contribution in [0.1, 0.15) is 0 Å². The first kappa shape index (κ1) is 7.91. The summed E-state index contributed by atoms with van der Waals surface area (Å²) in [6, 6.07) is 5.42. The van der Waals surface area contributed by atoms with Crippen LogP contribution in [-0.4, -0.2) is 11.2 Å². The standard InChI is InChI=1S/C8H4N2O2S/c11-5-9-8-4-6(10-12-8)7-2-1-3-13-7/h1-4H. The lowest BCUT2D eigenvalue weighted by Crippen LogP contribution is -1.65. The molecule has 2 aromatic rings. The third-order valence-electron chi connectivity index (χ3n) is 1.43. The van der Waals surface area contributed by atoms with Gasteiger partial charge >= 0.3 is 0 Å². The van der Waals surface area contributed by atoms with Gasteiger partial charge < -0.3 is 4.52 Å². The zero-order valence-electron chi connectivity index (χ0n) is 6.43. The summed E-state index contributed by atoms with van der Waals surface area (Å²) in [7, 11) is 0. The smallest absolute Gasteiger partial charge is 0.261 e. The Labute approximate surface area is 77.5 Å². The van der Waals surface area contributed by atoms with Crippen molar-refractivity contribution in [3.05, 3.63) is 23.6 Å². The van der Waals surface area contributed by atoms with Gasteiger partial charge in [-0.15, -0.1) is 16.3 Å². The van der Waals surface area contributed by atoms with Crippen molar-refractivity contribution in [3.63, 3.8) is 0 Å². The van der Waals surface area contributed by atoms with Crippen LogP contribution >= 0.6 is 11.3 Å². The molecular weight excluding hydrogens is 188 g/mol. The average Bonchev–Trinajstić information content (AvgIpc) is 2.70. The average molecular weight is 192 g/mol. The SMILES string of the molecule is O=C=Nc1cc(-c2cccs2)no1. The topological polar surface area (TPSA) is 55.5 Å². The van der Waals surface area contributed by atoms with Gasteiger partial charge in [0.05, 0.1) is 4.88 Å². The third kappa shape index (κ3) is 1.56. The van der Waals surface area contributed by atoms with Crippen LogP contribution in [0.4, 0.5) is 5.88 Å². The van der Waals surface area contributed by atoms with E-state index in [1.54, 1.807) is 17.4 Å². The molecule has 0 aromatic carbocycles. The Morgan fingerprint density at radius 1 is 1.62 bits per heavy atom. The van der Waals surface area contributed by atoms with E-state index in [-0.39, 0.29) is 5.88 Å². The number of aromatic nitrogens is 1. The van der Waals surface area contributed by atoms with E-state index >= 15 is 0 Å². The van der Waals surface area contributed by atoms with E-state index in [2.05, 4.69) is 10.1 Å². The maximum atomic E-state index is 9.89. The maximum absolute atomic E-state index is 9.89. The number of rotatable bonds is 2. The lowest BCUT2D eigenvalue weighted by molar-refractivity contribution is 0.432. The largest absolute Gasteiger partial charge is 0.335 e. The van der Waals surface area contributed by atoms with E-state index in [1.165, 1.54) is 6.08 Å². The Hall–Kier alpha value is -1.71. The highest BCUT2D eigenvalue weighted by Gasteiger charge is 2.05. The van der Waals surface area contributed by atoms with E-state index in [0.29, 0.717) is 5.69 Å². The van der Waals surface area contributed by atoms with Crippen LogP contribution < -0.4 is 0 Å². The Balaban J connectivity index is 2.38. The van der Waals surface area contributed by atoms with Gasteiger partial charge in [0.15, 0.2) is 0 Å². The molecule has 0 saturated carbocycles. The van der Waals surface area contributed by atoms with Crippen LogP contribution in [0.3, 0.4) is 0 Å². The zero-order valence-corrected chi connectivity index (χ0v) is 7.25. The molecule has 0 aliphatic rings. The maximum Gasteiger partial charge on any atom is 0.261 e. The van der Waals surface area contributed by atoms with E-state index < -0.39 is 0 Å². The Morgan fingerprint density at radius 2 is 2.54 bits per heavy atom. The second-order valence-corrected chi connectivity index (χ2v) is 3.18. The summed E-state index contributed by atoms with van der Waals surface area (Å²) in [4.78, 5) is 14.2. The van der Waals surface area contributed by atoms with Crippen LogP contribution in [-0.2, 0) is 4.79 Å². The summed E-state index contributed by atoms with van der Waals surface area (Å²) in [6.45, 7) is 0. The van der Waals surface area contributed by atoms with Crippen molar-refractivity contribution in [1.29, 1.82) is 0 Å². The molecule has 0 saturated heterocycles.